The van der Waals surface area contributed by atoms with Crippen LogP contribution in [0.25, 0.3) is 10.8 Å². The normalized spacial score (nSPS) is 10.6. The van der Waals surface area contributed by atoms with Gasteiger partial charge < -0.3 is 10.1 Å². The molecule has 2 N–H and O–H groups in total. The van der Waals surface area contributed by atoms with Crippen molar-refractivity contribution >= 4 is 51.6 Å². The molecule has 0 fully saturated rings. The van der Waals surface area contributed by atoms with Gasteiger partial charge in [0, 0.05) is 10.7 Å². The van der Waals surface area contributed by atoms with Crippen LogP contribution in [0.1, 0.15) is 0 Å². The molecule has 4 rings (SSSR count). The number of fused-ring (bicyclic) bond motifs is 1. The molecule has 2 amide bonds. The molecule has 7 nitrogen and oxygen atoms in total. The molecule has 0 radical (unpaired) electrons. The first-order chi connectivity index (χ1) is 14.0. The molecule has 0 aliphatic carbocycles. The van der Waals surface area contributed by atoms with Crippen LogP contribution in [0.3, 0.4) is 0 Å². The van der Waals surface area contributed by atoms with E-state index in [0.717, 1.165) is 10.8 Å². The molecule has 9 heteroatoms. The average molecular weight is 426 g/mol. The van der Waals surface area contributed by atoms with Crippen molar-refractivity contribution in [1.82, 2.24) is 15.0 Å². The van der Waals surface area contributed by atoms with Gasteiger partial charge in [0.25, 0.3) is 0 Å². The Morgan fingerprint density at radius 2 is 1.59 bits per heavy atom. The number of amides is 2. The molecule has 0 saturated carbocycles. The van der Waals surface area contributed by atoms with Gasteiger partial charge in [0.15, 0.2) is 0 Å². The second-order valence-electron chi connectivity index (χ2n) is 5.91. The van der Waals surface area contributed by atoms with Crippen molar-refractivity contribution in [2.24, 2.45) is 0 Å². The zero-order valence-electron chi connectivity index (χ0n) is 14.8. The van der Waals surface area contributed by atoms with E-state index in [4.69, 9.17) is 27.9 Å². The number of nitrogens with zero attached hydrogens (tertiary/aromatic N) is 3. The Hall–Kier alpha value is -3.42. The van der Waals surface area contributed by atoms with Crippen molar-refractivity contribution in [3.63, 3.8) is 0 Å². The lowest BCUT2D eigenvalue weighted by atomic mass is 10.1. The van der Waals surface area contributed by atoms with Gasteiger partial charge in [-0.15, -0.1) is 0 Å². The van der Waals surface area contributed by atoms with E-state index in [-0.39, 0.29) is 17.2 Å². The molecule has 0 saturated heterocycles. The Bertz CT molecular complexity index is 1190. The van der Waals surface area contributed by atoms with Gasteiger partial charge in [-0.05, 0) is 58.8 Å². The van der Waals surface area contributed by atoms with Crippen LogP contribution >= 0.6 is 23.2 Å². The molecule has 29 heavy (non-hydrogen) atoms. The second kappa shape index (κ2) is 8.30. The van der Waals surface area contributed by atoms with E-state index < -0.39 is 6.03 Å². The van der Waals surface area contributed by atoms with E-state index >= 15 is 0 Å². The maximum absolute atomic E-state index is 12.2. The number of anilines is 2. The molecule has 0 atom stereocenters. The van der Waals surface area contributed by atoms with Crippen molar-refractivity contribution in [3.05, 3.63) is 77.0 Å². The number of rotatable bonds is 4. The molecule has 0 spiro atoms. The molecule has 1 aromatic heterocycles. The zero-order valence-corrected chi connectivity index (χ0v) is 16.3. The third-order valence-corrected chi connectivity index (χ3v) is 4.27. The van der Waals surface area contributed by atoms with Crippen LogP contribution in [0.2, 0.25) is 10.3 Å². The fourth-order valence-electron chi connectivity index (χ4n) is 2.57. The first-order valence-corrected chi connectivity index (χ1v) is 9.22. The molecule has 4 aromatic rings. The highest BCUT2D eigenvalue weighted by atomic mass is 35.5. The number of carbonyl (C=O) groups excluding carboxylic acids is 1. The highest BCUT2D eigenvalue weighted by Gasteiger charge is 2.11. The lowest BCUT2D eigenvalue weighted by Crippen LogP contribution is -2.21. The minimum absolute atomic E-state index is 0.0397. The summed E-state index contributed by atoms with van der Waals surface area (Å²) in [6, 6.07) is 19.5. The number of benzene rings is 3. The van der Waals surface area contributed by atoms with Crippen LogP contribution in [0, 0.1) is 0 Å². The molecular formula is C20H13Cl2N5O2. The van der Waals surface area contributed by atoms with E-state index in [1.165, 1.54) is 0 Å². The van der Waals surface area contributed by atoms with Gasteiger partial charge in [0.05, 0.1) is 0 Å². The molecule has 0 bridgehead atoms. The molecule has 0 unspecified atom stereocenters. The highest BCUT2D eigenvalue weighted by Crippen LogP contribution is 2.25. The Kier molecular flexibility index (Phi) is 5.41. The standard InChI is InChI=1S/C20H13Cl2N5O2/c21-14-6-8-15(9-7-14)23-19(28)26-18-24-17(22)25-20(27-18)29-16-10-5-12-3-1-2-4-13(12)11-16/h1-11H,(H2,23,24,25,26,27,28). The maximum atomic E-state index is 12.2. The van der Waals surface area contributed by atoms with Crippen molar-refractivity contribution in [1.29, 1.82) is 0 Å². The summed E-state index contributed by atoms with van der Waals surface area (Å²) < 4.78 is 5.69. The number of nitrogens with one attached hydrogen (secondary N) is 2. The monoisotopic (exact) mass is 425 g/mol. The smallest absolute Gasteiger partial charge is 0.328 e. The topological polar surface area (TPSA) is 89.0 Å². The van der Waals surface area contributed by atoms with Crippen molar-refractivity contribution in [3.8, 4) is 11.8 Å². The SMILES string of the molecule is O=C(Nc1ccc(Cl)cc1)Nc1nc(Cl)nc(Oc2ccc3ccccc3c2)n1. The van der Waals surface area contributed by atoms with Crippen molar-refractivity contribution < 1.29 is 9.53 Å². The first-order valence-electron chi connectivity index (χ1n) is 8.47. The van der Waals surface area contributed by atoms with Crippen LogP contribution in [0.5, 0.6) is 11.8 Å². The average Bonchev–Trinajstić information content (AvgIpc) is 2.69. The number of hydrogen-bond acceptors (Lipinski definition) is 5. The predicted octanol–water partition coefficient (Wildman–Crippen LogP) is 5.77. The molecule has 3 aromatic carbocycles. The van der Waals surface area contributed by atoms with Gasteiger partial charge in [0.1, 0.15) is 5.75 Å². The summed E-state index contributed by atoms with van der Waals surface area (Å²) in [6.45, 7) is 0. The Balaban J connectivity index is 1.49. The Labute approximate surface area is 175 Å². The Morgan fingerprint density at radius 1 is 0.828 bits per heavy atom. The van der Waals surface area contributed by atoms with Gasteiger partial charge in [-0.2, -0.15) is 15.0 Å². The van der Waals surface area contributed by atoms with Crippen molar-refractivity contribution in [2.45, 2.75) is 0 Å². The molecular weight excluding hydrogens is 413 g/mol. The number of urea groups is 1. The Morgan fingerprint density at radius 3 is 2.38 bits per heavy atom. The van der Waals surface area contributed by atoms with Crippen LogP contribution in [-0.2, 0) is 0 Å². The van der Waals surface area contributed by atoms with Gasteiger partial charge in [0.2, 0.25) is 11.2 Å². The number of aromatic nitrogens is 3. The van der Waals surface area contributed by atoms with Crippen LogP contribution in [0.4, 0.5) is 16.4 Å². The quantitative estimate of drug-likeness (QED) is 0.433. The lowest BCUT2D eigenvalue weighted by molar-refractivity contribution is 0.262. The van der Waals surface area contributed by atoms with Crippen molar-refractivity contribution in [2.75, 3.05) is 10.6 Å². The molecule has 144 valence electrons. The van der Waals surface area contributed by atoms with Crippen LogP contribution in [0.15, 0.2) is 66.7 Å². The number of carbonyl (C=O) groups is 1. The molecule has 0 aliphatic heterocycles. The van der Waals surface area contributed by atoms with Gasteiger partial charge in [-0.1, -0.05) is 41.9 Å². The van der Waals surface area contributed by atoms with E-state index in [0.29, 0.717) is 16.5 Å². The van der Waals surface area contributed by atoms with Gasteiger partial charge >= 0.3 is 12.0 Å². The fraction of sp³-hybridized carbons (Fsp3) is 0. The van der Waals surface area contributed by atoms with E-state index in [9.17, 15) is 4.79 Å². The van der Waals surface area contributed by atoms with Gasteiger partial charge in [-0.3, -0.25) is 5.32 Å². The summed E-state index contributed by atoms with van der Waals surface area (Å²) in [4.78, 5) is 24.1. The summed E-state index contributed by atoms with van der Waals surface area (Å²) in [7, 11) is 0. The minimum atomic E-state index is -0.550. The lowest BCUT2D eigenvalue weighted by Gasteiger charge is -2.09. The fourth-order valence-corrected chi connectivity index (χ4v) is 2.85. The minimum Gasteiger partial charge on any atom is -0.424 e. The molecule has 1 heterocycles. The summed E-state index contributed by atoms with van der Waals surface area (Å²) in [5.74, 6) is 0.481. The van der Waals surface area contributed by atoms with Gasteiger partial charge in [-0.25, -0.2) is 4.79 Å². The van der Waals surface area contributed by atoms with E-state index in [2.05, 4.69) is 25.6 Å². The zero-order chi connectivity index (χ0) is 20.2. The third kappa shape index (κ3) is 4.90. The number of halogens is 2. The number of ether oxygens (including phenoxy) is 1. The summed E-state index contributed by atoms with van der Waals surface area (Å²) in [5.41, 5.74) is 0.555. The first kappa shape index (κ1) is 18.9. The van der Waals surface area contributed by atoms with Crippen LogP contribution < -0.4 is 15.4 Å². The summed E-state index contributed by atoms with van der Waals surface area (Å²) >= 11 is 11.8. The second-order valence-corrected chi connectivity index (χ2v) is 6.68. The maximum Gasteiger partial charge on any atom is 0.328 e. The number of hydrogen-bond donors (Lipinski definition) is 2. The predicted molar refractivity (Wildman–Crippen MR) is 113 cm³/mol. The van der Waals surface area contributed by atoms with E-state index in [1.807, 2.05) is 36.4 Å². The molecule has 0 aliphatic rings. The largest absolute Gasteiger partial charge is 0.424 e. The summed E-state index contributed by atoms with van der Waals surface area (Å²) in [5, 5.41) is 7.66. The highest BCUT2D eigenvalue weighted by molar-refractivity contribution is 6.30. The van der Waals surface area contributed by atoms with Crippen LogP contribution in [-0.4, -0.2) is 21.0 Å². The third-order valence-electron chi connectivity index (χ3n) is 3.85. The summed E-state index contributed by atoms with van der Waals surface area (Å²) in [6.07, 6.45) is 0. The van der Waals surface area contributed by atoms with E-state index in [1.54, 1.807) is 30.3 Å².